The number of nitrogens with one attached hydrogen (secondary N) is 1. The van der Waals surface area contributed by atoms with Crippen LogP contribution in [-0.4, -0.2) is 49.6 Å². The van der Waals surface area contributed by atoms with Gasteiger partial charge < -0.3 is 19.5 Å². The van der Waals surface area contributed by atoms with Crippen molar-refractivity contribution in [1.82, 2.24) is 9.38 Å². The quantitative estimate of drug-likeness (QED) is 0.394. The van der Waals surface area contributed by atoms with E-state index in [1.54, 1.807) is 91.4 Å². The van der Waals surface area contributed by atoms with Gasteiger partial charge in [-0.05, 0) is 48.9 Å². The molecule has 0 bridgehead atoms. The third kappa shape index (κ3) is 4.68. The molecule has 9 heteroatoms. The number of rotatable bonds is 8. The number of hydrogen-bond acceptors (Lipinski definition) is 6. The second-order valence-corrected chi connectivity index (χ2v) is 8.00. The number of nitrogens with zero attached hydrogens (tertiary/aromatic N) is 3. The molecule has 0 radical (unpaired) electrons. The minimum atomic E-state index is -0.316. The number of ether oxygens (including phenoxy) is 3. The molecule has 9 nitrogen and oxygen atoms in total. The van der Waals surface area contributed by atoms with E-state index in [2.05, 4.69) is 10.3 Å². The molecule has 0 saturated heterocycles. The Bertz CT molecular complexity index is 1430. The fourth-order valence-corrected chi connectivity index (χ4v) is 3.97. The van der Waals surface area contributed by atoms with Crippen molar-refractivity contribution < 1.29 is 23.8 Å². The van der Waals surface area contributed by atoms with E-state index in [0.717, 1.165) is 5.69 Å². The predicted octanol–water partition coefficient (Wildman–Crippen LogP) is 4.45. The monoisotopic (exact) mass is 488 g/mol. The number of carbonyl (C=O) groups is 2. The SMILES string of the molecule is CCc1nc2ccc(C(=O)Nc3ccc(OC)c(OC)c3)cn2c1N(C)C(=O)c1cccc(OC)c1. The summed E-state index contributed by atoms with van der Waals surface area (Å²) < 4.78 is 17.6. The Balaban J connectivity index is 1.68. The van der Waals surface area contributed by atoms with E-state index in [0.29, 0.717) is 51.9 Å². The number of aromatic nitrogens is 2. The van der Waals surface area contributed by atoms with Gasteiger partial charge in [0, 0.05) is 30.6 Å². The summed E-state index contributed by atoms with van der Waals surface area (Å²) in [6, 6.07) is 15.6. The van der Waals surface area contributed by atoms with Crippen LogP contribution in [0.1, 0.15) is 33.3 Å². The number of benzene rings is 2. The first-order valence-electron chi connectivity index (χ1n) is 11.4. The Kier molecular flexibility index (Phi) is 7.10. The first kappa shape index (κ1) is 24.6. The summed E-state index contributed by atoms with van der Waals surface area (Å²) in [5.74, 6) is 1.73. The highest BCUT2D eigenvalue weighted by molar-refractivity contribution is 6.07. The van der Waals surface area contributed by atoms with Crippen LogP contribution in [0.2, 0.25) is 0 Å². The topological polar surface area (TPSA) is 94.4 Å². The fourth-order valence-electron chi connectivity index (χ4n) is 3.97. The molecule has 0 aliphatic carbocycles. The van der Waals surface area contributed by atoms with Crippen LogP contribution in [0.5, 0.6) is 17.2 Å². The van der Waals surface area contributed by atoms with Gasteiger partial charge in [0.1, 0.15) is 17.2 Å². The lowest BCUT2D eigenvalue weighted by Crippen LogP contribution is -2.28. The molecule has 4 aromatic rings. The molecule has 0 spiro atoms. The number of anilines is 2. The van der Waals surface area contributed by atoms with Gasteiger partial charge in [-0.1, -0.05) is 13.0 Å². The van der Waals surface area contributed by atoms with E-state index in [1.807, 2.05) is 6.92 Å². The van der Waals surface area contributed by atoms with Crippen LogP contribution in [0.15, 0.2) is 60.8 Å². The maximum absolute atomic E-state index is 13.3. The summed E-state index contributed by atoms with van der Waals surface area (Å²) in [5, 5.41) is 2.88. The van der Waals surface area contributed by atoms with E-state index in [4.69, 9.17) is 14.2 Å². The maximum atomic E-state index is 13.3. The second kappa shape index (κ2) is 10.4. The van der Waals surface area contributed by atoms with Crippen LogP contribution >= 0.6 is 0 Å². The largest absolute Gasteiger partial charge is 0.497 e. The molecular weight excluding hydrogens is 460 g/mol. The van der Waals surface area contributed by atoms with Gasteiger partial charge in [-0.15, -0.1) is 0 Å². The highest BCUT2D eigenvalue weighted by atomic mass is 16.5. The van der Waals surface area contributed by atoms with Gasteiger partial charge in [-0.2, -0.15) is 0 Å². The number of hydrogen-bond donors (Lipinski definition) is 1. The van der Waals surface area contributed by atoms with Crippen LogP contribution in [0.25, 0.3) is 5.65 Å². The summed E-state index contributed by atoms with van der Waals surface area (Å²) in [4.78, 5) is 32.6. The number of amides is 2. The molecule has 4 rings (SSSR count). The predicted molar refractivity (Wildman–Crippen MR) is 138 cm³/mol. The van der Waals surface area contributed by atoms with Crippen molar-refractivity contribution in [2.45, 2.75) is 13.3 Å². The average Bonchev–Trinajstić information content (AvgIpc) is 3.29. The third-order valence-electron chi connectivity index (χ3n) is 5.84. The minimum Gasteiger partial charge on any atom is -0.497 e. The van der Waals surface area contributed by atoms with E-state index < -0.39 is 0 Å². The Hall–Kier alpha value is -4.53. The second-order valence-electron chi connectivity index (χ2n) is 8.00. The van der Waals surface area contributed by atoms with Gasteiger partial charge in [0.2, 0.25) is 0 Å². The first-order chi connectivity index (χ1) is 17.4. The van der Waals surface area contributed by atoms with Crippen molar-refractivity contribution in [3.63, 3.8) is 0 Å². The van der Waals surface area contributed by atoms with E-state index in [-0.39, 0.29) is 11.8 Å². The van der Waals surface area contributed by atoms with E-state index in [1.165, 1.54) is 7.11 Å². The molecule has 0 fully saturated rings. The summed E-state index contributed by atoms with van der Waals surface area (Å²) in [7, 11) is 6.34. The van der Waals surface area contributed by atoms with Gasteiger partial charge in [-0.25, -0.2) is 4.98 Å². The van der Waals surface area contributed by atoms with Crippen LogP contribution in [0, 0.1) is 0 Å². The molecule has 2 amide bonds. The van der Waals surface area contributed by atoms with Gasteiger partial charge in [-0.3, -0.25) is 18.9 Å². The van der Waals surface area contributed by atoms with E-state index in [9.17, 15) is 9.59 Å². The standard InChI is InChI=1S/C27H28N4O5/c1-6-21-26(30(2)27(33)17-8-7-9-20(14-17)34-3)31-16-18(10-13-24(31)29-21)25(32)28-19-11-12-22(35-4)23(15-19)36-5/h7-16H,6H2,1-5H3,(H,28,32). The summed E-state index contributed by atoms with van der Waals surface area (Å²) >= 11 is 0. The number of pyridine rings is 1. The molecule has 0 saturated carbocycles. The number of imidazole rings is 1. The normalized spacial score (nSPS) is 10.7. The average molecular weight is 489 g/mol. The van der Waals surface area contributed by atoms with E-state index >= 15 is 0 Å². The smallest absolute Gasteiger partial charge is 0.259 e. The summed E-state index contributed by atoms with van der Waals surface area (Å²) in [6.07, 6.45) is 2.29. The van der Waals surface area contributed by atoms with Crippen LogP contribution < -0.4 is 24.4 Å². The van der Waals surface area contributed by atoms with Crippen molar-refractivity contribution in [1.29, 1.82) is 0 Å². The fraction of sp³-hybridized carbons (Fsp3) is 0.222. The molecule has 1 N–H and O–H groups in total. The zero-order chi connectivity index (χ0) is 25.8. The molecule has 0 unspecified atom stereocenters. The molecule has 186 valence electrons. The van der Waals surface area contributed by atoms with Crippen molar-refractivity contribution in [3.8, 4) is 17.2 Å². The lowest BCUT2D eigenvalue weighted by molar-refractivity contribution is 0.0990. The van der Waals surface area contributed by atoms with Crippen LogP contribution in [0.3, 0.4) is 0 Å². The Morgan fingerprint density at radius 3 is 2.42 bits per heavy atom. The van der Waals surface area contributed by atoms with Gasteiger partial charge in [0.25, 0.3) is 11.8 Å². The zero-order valence-electron chi connectivity index (χ0n) is 20.9. The van der Waals surface area contributed by atoms with Gasteiger partial charge in [0.15, 0.2) is 11.5 Å². The van der Waals surface area contributed by atoms with Crippen molar-refractivity contribution in [2.24, 2.45) is 0 Å². The molecule has 2 aromatic carbocycles. The summed E-state index contributed by atoms with van der Waals surface area (Å²) in [5.41, 5.74) is 2.82. The Morgan fingerprint density at radius 2 is 1.72 bits per heavy atom. The lowest BCUT2D eigenvalue weighted by atomic mass is 10.2. The highest BCUT2D eigenvalue weighted by Crippen LogP contribution is 2.30. The maximum Gasteiger partial charge on any atom is 0.259 e. The number of aryl methyl sites for hydroxylation is 1. The lowest BCUT2D eigenvalue weighted by Gasteiger charge is -2.19. The molecule has 36 heavy (non-hydrogen) atoms. The molecule has 0 atom stereocenters. The molecule has 0 aliphatic heterocycles. The van der Waals surface area contributed by atoms with Crippen molar-refractivity contribution >= 4 is 29.0 Å². The molecular formula is C27H28N4O5. The molecule has 0 aliphatic rings. The first-order valence-corrected chi connectivity index (χ1v) is 11.4. The number of methoxy groups -OCH3 is 3. The molecule has 2 aromatic heterocycles. The van der Waals surface area contributed by atoms with Crippen LogP contribution in [0.4, 0.5) is 11.5 Å². The highest BCUT2D eigenvalue weighted by Gasteiger charge is 2.22. The number of fused-ring (bicyclic) bond motifs is 1. The molecule has 2 heterocycles. The third-order valence-corrected chi connectivity index (χ3v) is 5.84. The Labute approximate surface area is 209 Å². The van der Waals surface area contributed by atoms with Crippen molar-refractivity contribution in [2.75, 3.05) is 38.6 Å². The Morgan fingerprint density at radius 1 is 0.944 bits per heavy atom. The zero-order valence-corrected chi connectivity index (χ0v) is 20.9. The minimum absolute atomic E-state index is 0.217. The van der Waals surface area contributed by atoms with Crippen LogP contribution in [-0.2, 0) is 6.42 Å². The van der Waals surface area contributed by atoms with Crippen molar-refractivity contribution in [3.05, 3.63) is 77.6 Å². The summed E-state index contributed by atoms with van der Waals surface area (Å²) in [6.45, 7) is 1.97. The van der Waals surface area contributed by atoms with Gasteiger partial charge >= 0.3 is 0 Å². The number of carbonyl (C=O) groups excluding carboxylic acids is 2. The van der Waals surface area contributed by atoms with Gasteiger partial charge in [0.05, 0.1) is 32.6 Å².